The normalized spacial score (nSPS) is 17.0. The summed E-state index contributed by atoms with van der Waals surface area (Å²) in [7, 11) is 1.48. The second-order valence-electron chi connectivity index (χ2n) is 6.08. The highest BCUT2D eigenvalue weighted by atomic mass is 32.1. The molecule has 1 fully saturated rings. The van der Waals surface area contributed by atoms with Crippen LogP contribution in [0.25, 0.3) is 10.1 Å². The third kappa shape index (κ3) is 3.12. The van der Waals surface area contributed by atoms with Crippen LogP contribution in [0, 0.1) is 5.82 Å². The number of likely N-dealkylation sites (tertiary alicyclic amines) is 1. The van der Waals surface area contributed by atoms with E-state index >= 15 is 0 Å². The Kier molecular flexibility index (Phi) is 4.77. The summed E-state index contributed by atoms with van der Waals surface area (Å²) in [5.41, 5.74) is -1.29. The monoisotopic (exact) mass is 367 g/mol. The average Bonchev–Trinajstić information content (AvgIpc) is 2.95. The standard InChI is InChI=1S/C17H18FNO5S/c1-24-9-10-13-11(18)3-2-4-12(13)25-14(10)15(20)19-7-5-17(23,6-8-19)16(21)22/h2-4,23H,5-9H2,1H3,(H,21,22). The van der Waals surface area contributed by atoms with Gasteiger partial charge < -0.3 is 19.8 Å². The molecule has 0 aliphatic carbocycles. The van der Waals surface area contributed by atoms with E-state index in [9.17, 15) is 19.1 Å². The van der Waals surface area contributed by atoms with Crippen LogP contribution >= 0.6 is 11.3 Å². The quantitative estimate of drug-likeness (QED) is 0.865. The Bertz CT molecular complexity index is 826. The molecule has 1 aliphatic heterocycles. The van der Waals surface area contributed by atoms with E-state index in [1.807, 2.05) is 0 Å². The predicted octanol–water partition coefficient (Wildman–Crippen LogP) is 2.24. The van der Waals surface area contributed by atoms with Gasteiger partial charge in [0, 0.05) is 48.7 Å². The number of nitrogens with zero attached hydrogens (tertiary/aromatic N) is 1. The lowest BCUT2D eigenvalue weighted by Crippen LogP contribution is -2.50. The minimum atomic E-state index is -1.79. The summed E-state index contributed by atoms with van der Waals surface area (Å²) in [6.07, 6.45) is -0.0696. The highest BCUT2D eigenvalue weighted by Gasteiger charge is 2.41. The first-order valence-electron chi connectivity index (χ1n) is 7.81. The van der Waals surface area contributed by atoms with Gasteiger partial charge in [0.15, 0.2) is 5.60 Å². The molecule has 0 bridgehead atoms. The first kappa shape index (κ1) is 17.8. The van der Waals surface area contributed by atoms with Crippen molar-refractivity contribution >= 4 is 33.3 Å². The molecular formula is C17H18FNO5S. The number of rotatable bonds is 4. The molecule has 0 saturated carbocycles. The largest absolute Gasteiger partial charge is 0.479 e. The van der Waals surface area contributed by atoms with Crippen molar-refractivity contribution in [1.29, 1.82) is 0 Å². The van der Waals surface area contributed by atoms with Crippen molar-refractivity contribution in [2.45, 2.75) is 25.0 Å². The molecule has 2 heterocycles. The number of piperidine rings is 1. The maximum Gasteiger partial charge on any atom is 0.335 e. The smallest absolute Gasteiger partial charge is 0.335 e. The molecule has 0 atom stereocenters. The Hall–Kier alpha value is -2.03. The van der Waals surface area contributed by atoms with Crippen LogP contribution in [0.1, 0.15) is 28.1 Å². The van der Waals surface area contributed by atoms with Crippen LogP contribution < -0.4 is 0 Å². The highest BCUT2D eigenvalue weighted by Crippen LogP contribution is 2.35. The molecule has 134 valence electrons. The zero-order chi connectivity index (χ0) is 18.2. The van der Waals surface area contributed by atoms with E-state index in [0.29, 0.717) is 20.5 Å². The number of ether oxygens (including phenoxy) is 1. The number of thiophene rings is 1. The van der Waals surface area contributed by atoms with Crippen LogP contribution in [0.2, 0.25) is 0 Å². The lowest BCUT2D eigenvalue weighted by Gasteiger charge is -2.35. The van der Waals surface area contributed by atoms with Gasteiger partial charge in [-0.05, 0) is 12.1 Å². The summed E-state index contributed by atoms with van der Waals surface area (Å²) < 4.78 is 20.0. The molecule has 1 saturated heterocycles. The fraction of sp³-hybridized carbons (Fsp3) is 0.412. The van der Waals surface area contributed by atoms with Crippen molar-refractivity contribution in [3.63, 3.8) is 0 Å². The van der Waals surface area contributed by atoms with E-state index in [4.69, 9.17) is 9.84 Å². The molecule has 1 amide bonds. The van der Waals surface area contributed by atoms with E-state index in [1.165, 1.54) is 29.4 Å². The van der Waals surface area contributed by atoms with Gasteiger partial charge >= 0.3 is 5.97 Å². The lowest BCUT2D eigenvalue weighted by molar-refractivity contribution is -0.162. The van der Waals surface area contributed by atoms with E-state index in [-0.39, 0.29) is 38.4 Å². The Morgan fingerprint density at radius 2 is 2.04 bits per heavy atom. The second-order valence-corrected chi connectivity index (χ2v) is 7.14. The molecule has 25 heavy (non-hydrogen) atoms. The Balaban J connectivity index is 1.92. The zero-order valence-electron chi connectivity index (χ0n) is 13.6. The molecule has 1 aliphatic rings. The number of carboxylic acids is 1. The number of benzene rings is 1. The van der Waals surface area contributed by atoms with Crippen molar-refractivity contribution in [2.75, 3.05) is 20.2 Å². The summed E-state index contributed by atoms with van der Waals surface area (Å²) in [6.45, 7) is 0.366. The number of fused-ring (bicyclic) bond motifs is 1. The van der Waals surface area contributed by atoms with E-state index in [2.05, 4.69) is 0 Å². The number of hydrogen-bond donors (Lipinski definition) is 2. The van der Waals surface area contributed by atoms with Crippen molar-refractivity contribution in [1.82, 2.24) is 4.90 Å². The maximum atomic E-state index is 14.2. The van der Waals surface area contributed by atoms with Crippen LogP contribution in [-0.4, -0.2) is 52.8 Å². The van der Waals surface area contributed by atoms with Gasteiger partial charge in [-0.2, -0.15) is 0 Å². The Morgan fingerprint density at radius 3 is 2.64 bits per heavy atom. The topological polar surface area (TPSA) is 87.1 Å². The number of carbonyl (C=O) groups excluding carboxylic acids is 1. The third-order valence-corrected chi connectivity index (χ3v) is 5.71. The van der Waals surface area contributed by atoms with Crippen LogP contribution in [0.4, 0.5) is 4.39 Å². The minimum Gasteiger partial charge on any atom is -0.479 e. The number of carbonyl (C=O) groups is 2. The summed E-state index contributed by atoms with van der Waals surface area (Å²) in [6, 6.07) is 4.68. The molecule has 0 spiro atoms. The van der Waals surface area contributed by atoms with E-state index < -0.39 is 17.4 Å². The van der Waals surface area contributed by atoms with Gasteiger partial charge in [-0.25, -0.2) is 9.18 Å². The Morgan fingerprint density at radius 1 is 1.36 bits per heavy atom. The SMILES string of the molecule is COCc1c(C(=O)N2CCC(O)(C(=O)O)CC2)sc2cccc(F)c12. The van der Waals surface area contributed by atoms with Gasteiger partial charge in [0.1, 0.15) is 5.82 Å². The number of methoxy groups -OCH3 is 1. The highest BCUT2D eigenvalue weighted by molar-refractivity contribution is 7.21. The number of aliphatic carboxylic acids is 1. The van der Waals surface area contributed by atoms with Gasteiger partial charge in [-0.1, -0.05) is 6.07 Å². The van der Waals surface area contributed by atoms with E-state index in [0.717, 1.165) is 0 Å². The molecule has 8 heteroatoms. The van der Waals surface area contributed by atoms with Crippen molar-refractivity contribution < 1.29 is 28.9 Å². The van der Waals surface area contributed by atoms with Crippen LogP contribution in [0.15, 0.2) is 18.2 Å². The van der Waals surface area contributed by atoms with Gasteiger partial charge in [0.25, 0.3) is 5.91 Å². The summed E-state index contributed by atoms with van der Waals surface area (Å²) in [5, 5.41) is 19.5. The van der Waals surface area contributed by atoms with Gasteiger partial charge in [-0.3, -0.25) is 4.79 Å². The Labute approximate surface area is 147 Å². The third-order valence-electron chi connectivity index (χ3n) is 4.52. The number of aliphatic hydroxyl groups is 1. The zero-order valence-corrected chi connectivity index (χ0v) is 14.4. The van der Waals surface area contributed by atoms with E-state index in [1.54, 1.807) is 12.1 Å². The molecule has 1 aromatic heterocycles. The van der Waals surface area contributed by atoms with Crippen LogP contribution in [0.3, 0.4) is 0 Å². The maximum absolute atomic E-state index is 14.2. The molecule has 3 rings (SSSR count). The van der Waals surface area contributed by atoms with Crippen molar-refractivity contribution in [2.24, 2.45) is 0 Å². The fourth-order valence-corrected chi connectivity index (χ4v) is 4.25. The summed E-state index contributed by atoms with van der Waals surface area (Å²) >= 11 is 1.20. The molecular weight excluding hydrogens is 349 g/mol. The van der Waals surface area contributed by atoms with Gasteiger partial charge in [0.05, 0.1) is 11.5 Å². The minimum absolute atomic E-state index is 0.0348. The molecule has 2 N–H and O–H groups in total. The number of hydrogen-bond acceptors (Lipinski definition) is 5. The van der Waals surface area contributed by atoms with Crippen LogP contribution in [-0.2, 0) is 16.1 Å². The molecule has 2 aromatic rings. The van der Waals surface area contributed by atoms with Gasteiger partial charge in [0.2, 0.25) is 0 Å². The average molecular weight is 367 g/mol. The van der Waals surface area contributed by atoms with Crippen molar-refractivity contribution in [3.05, 3.63) is 34.5 Å². The molecule has 6 nitrogen and oxygen atoms in total. The molecule has 0 radical (unpaired) electrons. The molecule has 1 aromatic carbocycles. The number of carboxylic acid groups (broad SMARTS) is 1. The predicted molar refractivity (Wildman–Crippen MR) is 90.2 cm³/mol. The number of amides is 1. The second kappa shape index (κ2) is 6.70. The lowest BCUT2D eigenvalue weighted by atomic mass is 9.91. The molecule has 0 unspecified atom stereocenters. The summed E-state index contributed by atoms with van der Waals surface area (Å²) in [4.78, 5) is 25.9. The van der Waals surface area contributed by atoms with Gasteiger partial charge in [-0.15, -0.1) is 11.3 Å². The van der Waals surface area contributed by atoms with Crippen LogP contribution in [0.5, 0.6) is 0 Å². The first-order valence-corrected chi connectivity index (χ1v) is 8.63. The number of halogens is 1. The first-order chi connectivity index (χ1) is 11.9. The van der Waals surface area contributed by atoms with Crippen molar-refractivity contribution in [3.8, 4) is 0 Å². The fourth-order valence-electron chi connectivity index (χ4n) is 3.06. The summed E-state index contributed by atoms with van der Waals surface area (Å²) in [5.74, 6) is -1.97.